The van der Waals surface area contributed by atoms with Crippen LogP contribution in [0, 0.1) is 6.92 Å². The molecule has 0 unspecified atom stereocenters. The van der Waals surface area contributed by atoms with Crippen LogP contribution in [-0.2, 0) is 11.3 Å². The van der Waals surface area contributed by atoms with Gasteiger partial charge in [0, 0.05) is 43.5 Å². The molecule has 1 fully saturated rings. The number of rotatable bonds is 8. The van der Waals surface area contributed by atoms with Gasteiger partial charge in [-0.25, -0.2) is 9.97 Å². The summed E-state index contributed by atoms with van der Waals surface area (Å²) in [7, 11) is 0. The molecule has 0 spiro atoms. The van der Waals surface area contributed by atoms with Gasteiger partial charge in [-0.3, -0.25) is 9.69 Å². The van der Waals surface area contributed by atoms with E-state index in [4.69, 9.17) is 9.84 Å². The van der Waals surface area contributed by atoms with Crippen LogP contribution in [0.15, 0.2) is 60.8 Å². The molecule has 2 aromatic carbocycles. The second-order valence-electron chi connectivity index (χ2n) is 9.00. The number of hydrogen-bond acceptors (Lipinski definition) is 6. The van der Waals surface area contributed by atoms with E-state index < -0.39 is 12.6 Å². The average Bonchev–Trinajstić information content (AvgIpc) is 3.19. The molecule has 5 rings (SSSR count). The van der Waals surface area contributed by atoms with Gasteiger partial charge in [0.2, 0.25) is 0 Å². The lowest BCUT2D eigenvalue weighted by atomic mass is 10.1. The lowest BCUT2D eigenvalue weighted by Crippen LogP contribution is -2.48. The highest BCUT2D eigenvalue weighted by atomic mass is 35.5. The molecule has 0 saturated carbocycles. The lowest BCUT2D eigenvalue weighted by Gasteiger charge is -2.34. The number of nitrogens with zero attached hydrogens (tertiary/aromatic N) is 5. The van der Waals surface area contributed by atoms with Gasteiger partial charge in [-0.15, -0.1) is 12.4 Å². The zero-order valence-corrected chi connectivity index (χ0v) is 21.6. The molecule has 38 heavy (non-hydrogen) atoms. The Morgan fingerprint density at radius 1 is 1.05 bits per heavy atom. The number of aryl methyl sites for hydroxylation is 1. The third-order valence-corrected chi connectivity index (χ3v) is 6.59. The van der Waals surface area contributed by atoms with Crippen molar-refractivity contribution >= 4 is 35.2 Å². The molecular weight excluding hydrogens is 516 g/mol. The summed E-state index contributed by atoms with van der Waals surface area (Å²) in [5, 5.41) is 8.98. The maximum absolute atomic E-state index is 12.9. The fourth-order valence-electron chi connectivity index (χ4n) is 4.71. The van der Waals surface area contributed by atoms with Crippen molar-refractivity contribution in [2.24, 2.45) is 0 Å². The number of imidazole rings is 1. The first-order valence-corrected chi connectivity index (χ1v) is 12.0. The molecule has 11 heteroatoms. The number of fused-ring (bicyclic) bond motifs is 1. The van der Waals surface area contributed by atoms with E-state index in [1.165, 1.54) is 0 Å². The Morgan fingerprint density at radius 3 is 2.47 bits per heavy atom. The molecule has 1 aliphatic heterocycles. The predicted molar refractivity (Wildman–Crippen MR) is 143 cm³/mol. The number of halogens is 3. The number of aliphatic carboxylic acids is 1. The summed E-state index contributed by atoms with van der Waals surface area (Å²) in [6.07, 6.45) is 1.83. The van der Waals surface area contributed by atoms with Crippen molar-refractivity contribution in [3.05, 3.63) is 72.2 Å². The number of hydrogen-bond donors (Lipinski definition) is 1. The number of para-hydroxylation sites is 1. The van der Waals surface area contributed by atoms with Gasteiger partial charge in [-0.1, -0.05) is 24.3 Å². The minimum atomic E-state index is -2.89. The molecular formula is C27H28ClF2N5O3. The fourth-order valence-corrected chi connectivity index (χ4v) is 4.71. The average molecular weight is 544 g/mol. The smallest absolute Gasteiger partial charge is 0.387 e. The number of ether oxygens (including phenoxy) is 1. The van der Waals surface area contributed by atoms with Crippen LogP contribution in [0.25, 0.3) is 22.2 Å². The number of piperazine rings is 1. The van der Waals surface area contributed by atoms with Gasteiger partial charge in [-0.2, -0.15) is 8.78 Å². The molecule has 0 amide bonds. The van der Waals surface area contributed by atoms with Gasteiger partial charge in [0.25, 0.3) is 0 Å². The first kappa shape index (κ1) is 27.3. The van der Waals surface area contributed by atoms with Crippen LogP contribution in [0.4, 0.5) is 14.6 Å². The van der Waals surface area contributed by atoms with Crippen molar-refractivity contribution in [1.82, 2.24) is 19.4 Å². The molecule has 3 heterocycles. The highest BCUT2D eigenvalue weighted by Gasteiger charge is 2.20. The van der Waals surface area contributed by atoms with Gasteiger partial charge in [0.15, 0.2) is 0 Å². The minimum Gasteiger partial charge on any atom is -0.480 e. The molecule has 1 N–H and O–H groups in total. The van der Waals surface area contributed by atoms with E-state index in [0.717, 1.165) is 46.9 Å². The van der Waals surface area contributed by atoms with E-state index in [9.17, 15) is 13.6 Å². The Morgan fingerprint density at radius 2 is 1.79 bits per heavy atom. The Balaban J connectivity index is 0.00000336. The van der Waals surface area contributed by atoms with Crippen molar-refractivity contribution in [3.8, 4) is 16.9 Å². The Kier molecular flexibility index (Phi) is 8.43. The predicted octanol–water partition coefficient (Wildman–Crippen LogP) is 4.68. The summed E-state index contributed by atoms with van der Waals surface area (Å²) in [4.78, 5) is 24.3. The van der Waals surface area contributed by atoms with Gasteiger partial charge in [-0.05, 0) is 42.8 Å². The summed E-state index contributed by atoms with van der Waals surface area (Å²) in [6, 6.07) is 16.8. The number of alkyl halides is 2. The van der Waals surface area contributed by atoms with E-state index in [2.05, 4.69) is 14.9 Å². The first-order valence-electron chi connectivity index (χ1n) is 12.0. The topological polar surface area (TPSA) is 83.7 Å². The van der Waals surface area contributed by atoms with Gasteiger partial charge < -0.3 is 19.3 Å². The van der Waals surface area contributed by atoms with E-state index in [-0.39, 0.29) is 24.7 Å². The zero-order valence-electron chi connectivity index (χ0n) is 20.8. The quantitative estimate of drug-likeness (QED) is 0.345. The molecule has 8 nitrogen and oxygen atoms in total. The number of carboxylic acid groups (broad SMARTS) is 1. The van der Waals surface area contributed by atoms with Crippen LogP contribution in [0.1, 0.15) is 11.4 Å². The summed E-state index contributed by atoms with van der Waals surface area (Å²) in [5.74, 6) is 0.972. The number of aromatic nitrogens is 3. The van der Waals surface area contributed by atoms with Crippen LogP contribution in [0.2, 0.25) is 0 Å². The van der Waals surface area contributed by atoms with E-state index in [1.54, 1.807) is 24.3 Å². The third-order valence-electron chi connectivity index (χ3n) is 6.59. The summed E-state index contributed by atoms with van der Waals surface area (Å²) >= 11 is 0. The highest BCUT2D eigenvalue weighted by molar-refractivity contribution is 5.85. The van der Waals surface area contributed by atoms with Crippen LogP contribution >= 0.6 is 12.4 Å². The number of carboxylic acids is 1. The van der Waals surface area contributed by atoms with Crippen molar-refractivity contribution < 1.29 is 23.4 Å². The van der Waals surface area contributed by atoms with E-state index in [1.807, 2.05) is 52.9 Å². The maximum atomic E-state index is 12.9. The summed E-state index contributed by atoms with van der Waals surface area (Å²) in [5.41, 5.74) is 4.26. The molecule has 1 aliphatic rings. The molecule has 2 aromatic heterocycles. The lowest BCUT2D eigenvalue weighted by molar-refractivity contribution is -0.138. The standard InChI is InChI=1S/C27H27F2N5O3.ClH/c1-18-31-22-8-6-19(14-23(22)34(18)16-21-4-2-3-5-24(21)37-27(28)29)20-7-9-25(30-15-20)33-12-10-32(11-13-33)17-26(35)36;/h2-9,14-15,27H,10-13,16-17H2,1H3,(H,35,36);1H. The second kappa shape index (κ2) is 11.7. The minimum absolute atomic E-state index is 0. The normalized spacial score (nSPS) is 14.1. The third kappa shape index (κ3) is 6.03. The molecule has 0 radical (unpaired) electrons. The van der Waals surface area contributed by atoms with Crippen molar-refractivity contribution in [3.63, 3.8) is 0 Å². The maximum Gasteiger partial charge on any atom is 0.387 e. The number of pyridine rings is 1. The Labute approximate surface area is 224 Å². The Hall–Kier alpha value is -3.76. The molecule has 0 atom stereocenters. The van der Waals surface area contributed by atoms with Gasteiger partial charge in [0.1, 0.15) is 17.4 Å². The number of benzene rings is 2. The highest BCUT2D eigenvalue weighted by Crippen LogP contribution is 2.28. The SMILES string of the molecule is Cc1nc2ccc(-c3ccc(N4CCN(CC(=O)O)CC4)nc3)cc2n1Cc1ccccc1OC(F)F.Cl. The first-order chi connectivity index (χ1) is 17.9. The second-order valence-corrected chi connectivity index (χ2v) is 9.00. The van der Waals surface area contributed by atoms with Crippen LogP contribution in [0.3, 0.4) is 0 Å². The summed E-state index contributed by atoms with van der Waals surface area (Å²) < 4.78 is 32.5. The molecule has 200 valence electrons. The summed E-state index contributed by atoms with van der Waals surface area (Å²) in [6.45, 7) is 2.22. The van der Waals surface area contributed by atoms with Crippen LogP contribution in [-0.4, -0.2) is 69.8 Å². The largest absolute Gasteiger partial charge is 0.480 e. The molecule has 1 saturated heterocycles. The van der Waals surface area contributed by atoms with Gasteiger partial charge in [0.05, 0.1) is 24.1 Å². The number of anilines is 1. The Bertz CT molecular complexity index is 1410. The van der Waals surface area contributed by atoms with Crippen LogP contribution < -0.4 is 9.64 Å². The van der Waals surface area contributed by atoms with Gasteiger partial charge >= 0.3 is 12.6 Å². The van der Waals surface area contributed by atoms with E-state index in [0.29, 0.717) is 25.2 Å². The van der Waals surface area contributed by atoms with Crippen molar-refractivity contribution in [2.75, 3.05) is 37.6 Å². The van der Waals surface area contributed by atoms with Crippen molar-refractivity contribution in [2.45, 2.75) is 20.1 Å². The van der Waals surface area contributed by atoms with Crippen LogP contribution in [0.5, 0.6) is 5.75 Å². The zero-order chi connectivity index (χ0) is 25.9. The fraction of sp³-hybridized carbons (Fsp3) is 0.296. The molecule has 0 aliphatic carbocycles. The molecule has 4 aromatic rings. The van der Waals surface area contributed by atoms with E-state index >= 15 is 0 Å². The molecule has 0 bridgehead atoms. The number of carbonyl (C=O) groups is 1. The van der Waals surface area contributed by atoms with Crippen molar-refractivity contribution in [1.29, 1.82) is 0 Å². The monoisotopic (exact) mass is 543 g/mol.